The molecule has 3 aromatic carbocycles. The van der Waals surface area contributed by atoms with Gasteiger partial charge in [0, 0.05) is 16.8 Å². The number of halogens is 1. The molecule has 36 heavy (non-hydrogen) atoms. The summed E-state index contributed by atoms with van der Waals surface area (Å²) in [7, 11) is 0. The largest absolute Gasteiger partial charge is 0.489 e. The van der Waals surface area contributed by atoms with E-state index in [2.05, 4.69) is 33.0 Å². The lowest BCUT2D eigenvalue weighted by Crippen LogP contribution is -2.22. The van der Waals surface area contributed by atoms with Gasteiger partial charge in [-0.1, -0.05) is 81.8 Å². The molecule has 188 valence electrons. The SMILES string of the molecule is CC(C)c1cccc(C(C)C)c1NC(=O)COC(=O)C=Cc1ccc(OCc2ccc(Cl)cc2)cc1. The fraction of sp³-hybridized carbons (Fsp3) is 0.267. The highest BCUT2D eigenvalue weighted by molar-refractivity contribution is 6.30. The van der Waals surface area contributed by atoms with Gasteiger partial charge >= 0.3 is 5.97 Å². The molecule has 0 aliphatic carbocycles. The Hall–Kier alpha value is -3.57. The molecule has 1 N–H and O–H groups in total. The third-order valence-electron chi connectivity index (χ3n) is 5.59. The van der Waals surface area contributed by atoms with Gasteiger partial charge in [0.15, 0.2) is 6.61 Å². The van der Waals surface area contributed by atoms with Crippen molar-refractivity contribution < 1.29 is 19.1 Å². The molecule has 0 fully saturated rings. The second-order valence-electron chi connectivity index (χ2n) is 9.09. The lowest BCUT2D eigenvalue weighted by atomic mass is 9.92. The Bertz CT molecular complexity index is 1170. The number of anilines is 1. The fourth-order valence-corrected chi connectivity index (χ4v) is 3.77. The van der Waals surface area contributed by atoms with Crippen molar-refractivity contribution in [2.45, 2.75) is 46.1 Å². The minimum absolute atomic E-state index is 0.249. The van der Waals surface area contributed by atoms with Gasteiger partial charge in [0.05, 0.1) is 0 Å². The minimum Gasteiger partial charge on any atom is -0.489 e. The lowest BCUT2D eigenvalue weighted by Gasteiger charge is -2.20. The fourth-order valence-electron chi connectivity index (χ4n) is 3.64. The quantitative estimate of drug-likeness (QED) is 0.231. The second-order valence-corrected chi connectivity index (χ2v) is 9.53. The number of ether oxygens (including phenoxy) is 2. The molecular weight excluding hydrogens is 474 g/mol. The summed E-state index contributed by atoms with van der Waals surface area (Å²) >= 11 is 5.90. The molecule has 0 aliphatic rings. The normalized spacial score (nSPS) is 11.2. The van der Waals surface area contributed by atoms with Crippen molar-refractivity contribution in [1.29, 1.82) is 0 Å². The summed E-state index contributed by atoms with van der Waals surface area (Å²) in [4.78, 5) is 24.7. The zero-order valence-electron chi connectivity index (χ0n) is 21.1. The van der Waals surface area contributed by atoms with Crippen LogP contribution in [0.5, 0.6) is 5.75 Å². The summed E-state index contributed by atoms with van der Waals surface area (Å²) in [6, 6.07) is 20.8. The van der Waals surface area contributed by atoms with E-state index in [4.69, 9.17) is 21.1 Å². The van der Waals surface area contributed by atoms with Crippen LogP contribution in [0.4, 0.5) is 5.69 Å². The Morgan fingerprint density at radius 2 is 1.50 bits per heavy atom. The summed E-state index contributed by atoms with van der Waals surface area (Å²) < 4.78 is 10.9. The van der Waals surface area contributed by atoms with Crippen LogP contribution in [0.2, 0.25) is 5.02 Å². The van der Waals surface area contributed by atoms with Crippen molar-refractivity contribution in [2.24, 2.45) is 0 Å². The summed E-state index contributed by atoms with van der Waals surface area (Å²) in [6.45, 7) is 8.40. The number of carbonyl (C=O) groups is 2. The van der Waals surface area contributed by atoms with Crippen molar-refractivity contribution in [3.05, 3.63) is 100 Å². The number of rotatable bonds is 10. The summed E-state index contributed by atoms with van der Waals surface area (Å²) in [5.74, 6) is 0.254. The lowest BCUT2D eigenvalue weighted by molar-refractivity contribution is -0.142. The van der Waals surface area contributed by atoms with Gasteiger partial charge in [0.2, 0.25) is 0 Å². The molecular formula is C30H32ClNO4. The molecule has 0 saturated heterocycles. The van der Waals surface area contributed by atoms with Gasteiger partial charge in [-0.25, -0.2) is 4.79 Å². The number of nitrogens with one attached hydrogen (secondary N) is 1. The van der Waals surface area contributed by atoms with Gasteiger partial charge in [-0.2, -0.15) is 0 Å². The molecule has 0 unspecified atom stereocenters. The Balaban J connectivity index is 1.50. The second kappa shape index (κ2) is 12.9. The van der Waals surface area contributed by atoms with Crippen LogP contribution in [-0.2, 0) is 20.9 Å². The molecule has 0 bridgehead atoms. The van der Waals surface area contributed by atoms with Crippen LogP contribution in [0.3, 0.4) is 0 Å². The predicted molar refractivity (Wildman–Crippen MR) is 145 cm³/mol. The van der Waals surface area contributed by atoms with Crippen molar-refractivity contribution in [2.75, 3.05) is 11.9 Å². The number of hydrogen-bond acceptors (Lipinski definition) is 4. The van der Waals surface area contributed by atoms with Crippen molar-refractivity contribution in [3.8, 4) is 5.75 Å². The first-order valence-electron chi connectivity index (χ1n) is 12.0. The van der Waals surface area contributed by atoms with E-state index in [1.54, 1.807) is 6.08 Å². The predicted octanol–water partition coefficient (Wildman–Crippen LogP) is 7.36. The molecule has 1 amide bonds. The maximum atomic E-state index is 12.5. The smallest absolute Gasteiger partial charge is 0.331 e. The number of hydrogen-bond donors (Lipinski definition) is 1. The van der Waals surface area contributed by atoms with E-state index < -0.39 is 5.97 Å². The van der Waals surface area contributed by atoms with Crippen molar-refractivity contribution in [3.63, 3.8) is 0 Å². The third-order valence-corrected chi connectivity index (χ3v) is 5.85. The maximum Gasteiger partial charge on any atom is 0.331 e. The van der Waals surface area contributed by atoms with Crippen LogP contribution < -0.4 is 10.1 Å². The van der Waals surface area contributed by atoms with Crippen LogP contribution in [0, 0.1) is 0 Å². The van der Waals surface area contributed by atoms with Gasteiger partial charge < -0.3 is 14.8 Å². The maximum absolute atomic E-state index is 12.5. The summed E-state index contributed by atoms with van der Waals surface area (Å²) in [5, 5.41) is 3.63. The highest BCUT2D eigenvalue weighted by Crippen LogP contribution is 2.32. The van der Waals surface area contributed by atoms with E-state index >= 15 is 0 Å². The van der Waals surface area contributed by atoms with Crippen LogP contribution >= 0.6 is 11.6 Å². The van der Waals surface area contributed by atoms with E-state index in [9.17, 15) is 9.59 Å². The molecule has 5 nitrogen and oxygen atoms in total. The number of carbonyl (C=O) groups excluding carboxylic acids is 2. The van der Waals surface area contributed by atoms with E-state index in [-0.39, 0.29) is 24.3 Å². The van der Waals surface area contributed by atoms with Gasteiger partial charge in [-0.3, -0.25) is 4.79 Å². The first kappa shape index (κ1) is 27.0. The molecule has 0 spiro atoms. The highest BCUT2D eigenvalue weighted by Gasteiger charge is 2.16. The molecule has 3 aromatic rings. The topological polar surface area (TPSA) is 64.6 Å². The first-order chi connectivity index (χ1) is 17.2. The molecule has 0 aromatic heterocycles. The summed E-state index contributed by atoms with van der Waals surface area (Å²) in [5.41, 5.74) is 4.74. The van der Waals surface area contributed by atoms with Crippen LogP contribution in [-0.4, -0.2) is 18.5 Å². The molecule has 0 aliphatic heterocycles. The molecule has 0 atom stereocenters. The third kappa shape index (κ3) is 7.99. The minimum atomic E-state index is -0.588. The van der Waals surface area contributed by atoms with E-state index in [1.165, 1.54) is 6.08 Å². The van der Waals surface area contributed by atoms with E-state index in [0.29, 0.717) is 17.4 Å². The standard InChI is InChI=1S/C30H32ClNO4/c1-20(2)26-6-5-7-27(21(3)4)30(26)32-28(33)19-36-29(34)17-12-22-10-15-25(16-11-22)35-18-23-8-13-24(31)14-9-23/h5-17,20-21H,18-19H2,1-4H3,(H,32,33). The molecule has 0 saturated carbocycles. The Morgan fingerprint density at radius 3 is 2.08 bits per heavy atom. The average molecular weight is 506 g/mol. The van der Waals surface area contributed by atoms with E-state index in [0.717, 1.165) is 27.9 Å². The Kier molecular flexibility index (Phi) is 9.71. The Labute approximate surface area is 218 Å². The molecule has 0 heterocycles. The van der Waals surface area contributed by atoms with Crippen molar-refractivity contribution in [1.82, 2.24) is 0 Å². The van der Waals surface area contributed by atoms with Crippen molar-refractivity contribution >= 4 is 35.2 Å². The number of esters is 1. The van der Waals surface area contributed by atoms with E-state index in [1.807, 2.05) is 66.7 Å². The average Bonchev–Trinajstić information content (AvgIpc) is 2.86. The zero-order chi connectivity index (χ0) is 26.1. The zero-order valence-corrected chi connectivity index (χ0v) is 21.8. The summed E-state index contributed by atoms with van der Waals surface area (Å²) in [6.07, 6.45) is 2.94. The van der Waals surface area contributed by atoms with Crippen LogP contribution in [0.1, 0.15) is 61.8 Å². The molecule has 6 heteroatoms. The van der Waals surface area contributed by atoms with Crippen LogP contribution in [0.15, 0.2) is 72.8 Å². The molecule has 0 radical (unpaired) electrons. The highest BCUT2D eigenvalue weighted by atomic mass is 35.5. The molecule has 3 rings (SSSR count). The monoisotopic (exact) mass is 505 g/mol. The van der Waals surface area contributed by atoms with Gasteiger partial charge in [0.1, 0.15) is 12.4 Å². The van der Waals surface area contributed by atoms with Gasteiger partial charge in [-0.05, 0) is 64.4 Å². The van der Waals surface area contributed by atoms with Crippen LogP contribution in [0.25, 0.3) is 6.08 Å². The van der Waals surface area contributed by atoms with Gasteiger partial charge in [-0.15, -0.1) is 0 Å². The first-order valence-corrected chi connectivity index (χ1v) is 12.4. The Morgan fingerprint density at radius 1 is 0.889 bits per heavy atom. The number of para-hydroxylation sites is 1. The van der Waals surface area contributed by atoms with Gasteiger partial charge in [0.25, 0.3) is 5.91 Å². The number of amides is 1. The number of benzene rings is 3.